The molecule has 0 saturated carbocycles. The topological polar surface area (TPSA) is 102 Å². The summed E-state index contributed by atoms with van der Waals surface area (Å²) in [5, 5.41) is 11.6. The number of unbranched alkanes of at least 4 members (excludes halogenated alkanes) is 17. The molecular formula is C50H87NO7. The highest BCUT2D eigenvalue weighted by molar-refractivity contribution is 5.70. The van der Waals surface area contributed by atoms with Crippen molar-refractivity contribution in [1.82, 2.24) is 0 Å². The van der Waals surface area contributed by atoms with Gasteiger partial charge in [-0.25, -0.2) is 0 Å². The fourth-order valence-corrected chi connectivity index (χ4v) is 6.53. The van der Waals surface area contributed by atoms with Gasteiger partial charge in [0.15, 0.2) is 6.10 Å². The summed E-state index contributed by atoms with van der Waals surface area (Å²) in [6.45, 7) is 4.51. The lowest BCUT2D eigenvalue weighted by Crippen LogP contribution is -2.55. The minimum absolute atomic E-state index is 0.0341. The van der Waals surface area contributed by atoms with Crippen molar-refractivity contribution in [2.24, 2.45) is 0 Å². The van der Waals surface area contributed by atoms with Crippen molar-refractivity contribution in [3.8, 4) is 0 Å². The van der Waals surface area contributed by atoms with Gasteiger partial charge in [-0.2, -0.15) is 0 Å². The number of aliphatic carboxylic acids is 1. The molecule has 334 valence electrons. The minimum atomic E-state index is -1.13. The lowest BCUT2D eigenvalue weighted by atomic mass is 10.1. The zero-order valence-corrected chi connectivity index (χ0v) is 37.9. The van der Waals surface area contributed by atoms with Gasteiger partial charge in [0.2, 0.25) is 0 Å². The third kappa shape index (κ3) is 38.5. The summed E-state index contributed by atoms with van der Waals surface area (Å²) in [4.78, 5) is 36.9. The molecule has 0 N–H and O–H groups in total. The van der Waals surface area contributed by atoms with E-state index in [0.29, 0.717) is 12.8 Å². The summed E-state index contributed by atoms with van der Waals surface area (Å²) in [6.07, 6.45) is 49.6. The van der Waals surface area contributed by atoms with E-state index in [9.17, 15) is 19.5 Å². The third-order valence-corrected chi connectivity index (χ3v) is 10.1. The van der Waals surface area contributed by atoms with Gasteiger partial charge in [-0.1, -0.05) is 152 Å². The highest BCUT2D eigenvalue weighted by Gasteiger charge is 2.25. The van der Waals surface area contributed by atoms with Gasteiger partial charge >= 0.3 is 11.9 Å². The van der Waals surface area contributed by atoms with Gasteiger partial charge in [0.25, 0.3) is 0 Å². The Morgan fingerprint density at radius 2 is 0.966 bits per heavy atom. The van der Waals surface area contributed by atoms with E-state index in [1.54, 1.807) is 21.1 Å². The molecule has 0 radical (unpaired) electrons. The van der Waals surface area contributed by atoms with Gasteiger partial charge in [-0.3, -0.25) is 9.59 Å². The summed E-state index contributed by atoms with van der Waals surface area (Å²) >= 11 is 0. The van der Waals surface area contributed by atoms with E-state index >= 15 is 0 Å². The van der Waals surface area contributed by atoms with Crippen LogP contribution in [0.3, 0.4) is 0 Å². The molecule has 0 spiro atoms. The number of carboxylic acids is 1. The molecule has 0 aromatic heterocycles. The van der Waals surface area contributed by atoms with Crippen molar-refractivity contribution in [2.45, 2.75) is 199 Å². The summed E-state index contributed by atoms with van der Waals surface area (Å²) in [5.74, 6) is -1.76. The average molecular weight is 814 g/mol. The van der Waals surface area contributed by atoms with Crippen LogP contribution in [0.5, 0.6) is 0 Å². The van der Waals surface area contributed by atoms with Gasteiger partial charge in [0.1, 0.15) is 12.6 Å². The largest absolute Gasteiger partial charge is 0.544 e. The Morgan fingerprint density at radius 3 is 1.45 bits per heavy atom. The number of quaternary nitrogens is 1. The summed E-state index contributed by atoms with van der Waals surface area (Å²) in [5.41, 5.74) is 0. The maximum Gasteiger partial charge on any atom is 0.306 e. The fraction of sp³-hybridized carbons (Fsp3) is 0.740. The predicted octanol–water partition coefficient (Wildman–Crippen LogP) is 11.6. The number of hydrogen-bond acceptors (Lipinski definition) is 7. The van der Waals surface area contributed by atoms with E-state index in [0.717, 1.165) is 83.5 Å². The summed E-state index contributed by atoms with van der Waals surface area (Å²) in [7, 11) is 5.40. The fourth-order valence-electron chi connectivity index (χ4n) is 6.53. The number of carboxylic acid groups (broad SMARTS) is 1. The Bertz CT molecular complexity index is 1130. The van der Waals surface area contributed by atoms with Crippen LogP contribution in [0.1, 0.15) is 187 Å². The van der Waals surface area contributed by atoms with E-state index in [1.807, 2.05) is 0 Å². The molecule has 0 aromatic rings. The molecule has 8 heteroatoms. The monoisotopic (exact) mass is 814 g/mol. The van der Waals surface area contributed by atoms with Gasteiger partial charge in [0.05, 0.1) is 40.3 Å². The summed E-state index contributed by atoms with van der Waals surface area (Å²) in [6, 6.07) is -0.729. The quantitative estimate of drug-likeness (QED) is 0.0262. The van der Waals surface area contributed by atoms with Gasteiger partial charge in [-0.15, -0.1) is 0 Å². The number of nitrogens with zero attached hydrogens (tertiary/aromatic N) is 1. The van der Waals surface area contributed by atoms with Gasteiger partial charge in [-0.05, 0) is 77.0 Å². The van der Waals surface area contributed by atoms with Crippen molar-refractivity contribution in [1.29, 1.82) is 0 Å². The molecule has 0 aliphatic heterocycles. The maximum atomic E-state index is 12.7. The van der Waals surface area contributed by atoms with Crippen molar-refractivity contribution in [3.63, 3.8) is 0 Å². The van der Waals surface area contributed by atoms with Crippen LogP contribution in [0.15, 0.2) is 60.8 Å². The first-order valence-corrected chi connectivity index (χ1v) is 23.3. The van der Waals surface area contributed by atoms with Crippen LogP contribution in [0.4, 0.5) is 0 Å². The lowest BCUT2D eigenvalue weighted by molar-refractivity contribution is -0.889. The third-order valence-electron chi connectivity index (χ3n) is 10.1. The Labute approximate surface area is 356 Å². The molecule has 0 rings (SSSR count). The minimum Gasteiger partial charge on any atom is -0.544 e. The van der Waals surface area contributed by atoms with Crippen molar-refractivity contribution in [2.75, 3.05) is 41.0 Å². The van der Waals surface area contributed by atoms with Crippen LogP contribution >= 0.6 is 0 Å². The SMILES string of the molecule is CC/C=C/C/C=C/C/C=C/C/C=C/CCCCCCCCCCCC(=O)OCC(COCCC(C(=O)[O-])[N+](C)(C)C)OC(=O)CCCCCCC/C=C/CCCCC. The molecule has 0 fully saturated rings. The van der Waals surface area contributed by atoms with Crippen LogP contribution < -0.4 is 5.11 Å². The molecule has 2 unspecified atom stereocenters. The number of likely N-dealkylation sites (N-methyl/N-ethyl adjacent to an activating group) is 1. The average Bonchev–Trinajstić information content (AvgIpc) is 3.18. The van der Waals surface area contributed by atoms with E-state index in [2.05, 4.69) is 74.6 Å². The number of allylic oxidation sites excluding steroid dienone is 10. The molecule has 0 aliphatic carbocycles. The van der Waals surface area contributed by atoms with Crippen LogP contribution in [0.25, 0.3) is 0 Å². The van der Waals surface area contributed by atoms with Crippen molar-refractivity contribution in [3.05, 3.63) is 60.8 Å². The number of carbonyl (C=O) groups excluding carboxylic acids is 3. The van der Waals surface area contributed by atoms with Gasteiger partial charge < -0.3 is 28.6 Å². The molecule has 0 aromatic carbocycles. The van der Waals surface area contributed by atoms with E-state index < -0.39 is 18.1 Å². The van der Waals surface area contributed by atoms with Crippen LogP contribution in [0, 0.1) is 0 Å². The standard InChI is InChI=1S/C50H87NO7/c1-6-8-10-12-14-16-18-20-21-22-23-24-25-26-27-28-29-31-32-34-36-38-40-48(52)57-45-46(44-56-43-42-47(50(54)55)51(3,4)5)58-49(53)41-39-37-35-33-30-19-17-15-13-11-9-7-2/h8,10,14-17,20-21,23-24,46-47H,6-7,9,11-13,18-19,22,25-45H2,1-5H3/b10-8+,16-14+,17-15+,21-20+,24-23+. The predicted molar refractivity (Wildman–Crippen MR) is 240 cm³/mol. The smallest absolute Gasteiger partial charge is 0.306 e. The molecule has 0 bridgehead atoms. The first-order valence-electron chi connectivity index (χ1n) is 23.3. The van der Waals surface area contributed by atoms with E-state index in [4.69, 9.17) is 14.2 Å². The second-order valence-corrected chi connectivity index (χ2v) is 16.6. The van der Waals surface area contributed by atoms with Crippen LogP contribution in [-0.4, -0.2) is 75.5 Å². The highest BCUT2D eigenvalue weighted by Crippen LogP contribution is 2.14. The Balaban J connectivity index is 4.26. The zero-order chi connectivity index (χ0) is 42.8. The Morgan fingerprint density at radius 1 is 0.534 bits per heavy atom. The number of esters is 2. The van der Waals surface area contributed by atoms with Crippen LogP contribution in [0.2, 0.25) is 0 Å². The molecular weight excluding hydrogens is 727 g/mol. The van der Waals surface area contributed by atoms with Crippen molar-refractivity contribution >= 4 is 17.9 Å². The maximum absolute atomic E-state index is 12.7. The zero-order valence-electron chi connectivity index (χ0n) is 37.9. The van der Waals surface area contributed by atoms with Gasteiger partial charge in [0, 0.05) is 19.3 Å². The molecule has 0 amide bonds. The number of carbonyl (C=O) groups is 3. The van der Waals surface area contributed by atoms with Crippen molar-refractivity contribution < 1.29 is 38.2 Å². The highest BCUT2D eigenvalue weighted by atomic mass is 16.6. The summed E-state index contributed by atoms with van der Waals surface area (Å²) < 4.78 is 17.2. The molecule has 2 atom stereocenters. The molecule has 0 heterocycles. The van der Waals surface area contributed by atoms with Crippen LogP contribution in [-0.2, 0) is 28.6 Å². The normalized spacial score (nSPS) is 13.5. The number of hydrogen-bond donors (Lipinski definition) is 0. The Hall–Kier alpha value is -2.97. The second-order valence-electron chi connectivity index (χ2n) is 16.6. The van der Waals surface area contributed by atoms with E-state index in [1.165, 1.54) is 70.6 Å². The number of rotatable bonds is 41. The first-order chi connectivity index (χ1) is 28.1. The number of ether oxygens (including phenoxy) is 3. The lowest BCUT2D eigenvalue weighted by Gasteiger charge is -2.34. The molecule has 58 heavy (non-hydrogen) atoms. The molecule has 0 aliphatic rings. The van der Waals surface area contributed by atoms with E-state index in [-0.39, 0.29) is 42.7 Å². The second kappa shape index (κ2) is 40.8. The molecule has 0 saturated heterocycles. The first kappa shape index (κ1) is 55.0. The Kier molecular flexibility index (Phi) is 38.7. The molecule has 8 nitrogen and oxygen atoms in total.